The number of nitrogens with zero attached hydrogens (tertiary/aromatic N) is 5. The molecule has 5 heterocycles. The number of rotatable bonds is 1. The largest absolute Gasteiger partial charge is 0.309 e. The van der Waals surface area contributed by atoms with E-state index in [-0.39, 0.29) is 0 Å². The van der Waals surface area contributed by atoms with Gasteiger partial charge in [0.05, 0.1) is 11.0 Å². The lowest BCUT2D eigenvalue weighted by atomic mass is 9.99. The average Bonchev–Trinajstić information content (AvgIpc) is 3.71. The van der Waals surface area contributed by atoms with Gasteiger partial charge in [0, 0.05) is 45.2 Å². The second-order valence-electron chi connectivity index (χ2n) is 10.9. The summed E-state index contributed by atoms with van der Waals surface area (Å²) in [6, 6.07) is 36.9. The highest BCUT2D eigenvalue weighted by molar-refractivity contribution is 6.30. The molecule has 0 spiro atoms. The summed E-state index contributed by atoms with van der Waals surface area (Å²) in [5, 5.41) is 5.81. The lowest BCUT2D eigenvalue weighted by Gasteiger charge is -2.12. The van der Waals surface area contributed by atoms with E-state index in [1.54, 1.807) is 0 Å². The van der Waals surface area contributed by atoms with E-state index >= 15 is 0 Å². The summed E-state index contributed by atoms with van der Waals surface area (Å²) in [6.45, 7) is 0. The predicted octanol–water partition coefficient (Wildman–Crippen LogP) is 8.25. The fourth-order valence-corrected chi connectivity index (χ4v) is 7.18. The number of imidazole rings is 1. The van der Waals surface area contributed by atoms with Crippen LogP contribution in [-0.4, -0.2) is 23.9 Å². The monoisotopic (exact) mass is 523 g/mol. The molecule has 9 aromatic rings. The molecule has 190 valence electrons. The first kappa shape index (κ1) is 21.3. The van der Waals surface area contributed by atoms with Crippen molar-refractivity contribution < 1.29 is 0 Å². The maximum atomic E-state index is 5.19. The van der Waals surface area contributed by atoms with Crippen LogP contribution in [0.2, 0.25) is 0 Å². The van der Waals surface area contributed by atoms with Gasteiger partial charge in [-0.2, -0.15) is 0 Å². The fraction of sp³-hybridized carbons (Fsp3) is 0.0278. The third kappa shape index (κ3) is 2.63. The summed E-state index contributed by atoms with van der Waals surface area (Å²) >= 11 is 0. The minimum atomic E-state index is 0.826. The van der Waals surface area contributed by atoms with E-state index in [4.69, 9.17) is 15.0 Å². The zero-order chi connectivity index (χ0) is 26.7. The fourth-order valence-electron chi connectivity index (χ4n) is 7.18. The van der Waals surface area contributed by atoms with E-state index in [0.29, 0.717) is 0 Å². The lowest BCUT2D eigenvalue weighted by molar-refractivity contribution is 1.18. The maximum absolute atomic E-state index is 5.19. The second-order valence-corrected chi connectivity index (χ2v) is 10.9. The van der Waals surface area contributed by atoms with Gasteiger partial charge in [-0.25, -0.2) is 15.0 Å². The van der Waals surface area contributed by atoms with Crippen molar-refractivity contribution in [1.82, 2.24) is 23.9 Å². The Labute approximate surface area is 234 Å². The Morgan fingerprint density at radius 2 is 1.37 bits per heavy atom. The molecule has 0 radical (unpaired) electrons. The Hall–Kier alpha value is -5.55. The van der Waals surface area contributed by atoms with Gasteiger partial charge >= 0.3 is 0 Å². The maximum Gasteiger partial charge on any atom is 0.166 e. The highest BCUT2D eigenvalue weighted by atomic mass is 15.1. The Morgan fingerprint density at radius 3 is 2.29 bits per heavy atom. The summed E-state index contributed by atoms with van der Waals surface area (Å²) in [5.41, 5.74) is 12.4. The van der Waals surface area contributed by atoms with Crippen LogP contribution in [0.1, 0.15) is 11.1 Å². The summed E-state index contributed by atoms with van der Waals surface area (Å²) in [7, 11) is 0. The van der Waals surface area contributed by atoms with Crippen molar-refractivity contribution >= 4 is 60.4 Å². The molecule has 41 heavy (non-hydrogen) atoms. The number of hydrogen-bond acceptors (Lipinski definition) is 3. The minimum Gasteiger partial charge on any atom is -0.309 e. The smallest absolute Gasteiger partial charge is 0.166 e. The molecule has 0 fully saturated rings. The van der Waals surface area contributed by atoms with E-state index in [0.717, 1.165) is 50.7 Å². The number of fused-ring (bicyclic) bond motifs is 16. The summed E-state index contributed by atoms with van der Waals surface area (Å²) < 4.78 is 4.59. The third-order valence-corrected chi connectivity index (χ3v) is 8.79. The standard InChI is InChI=1S/C36H21N5/c1-2-9-23(10-3-1)40-29-17-16-25-26-12-6-18-37-34(26)41-35-28(13-7-19-38-35)39-36(41)32(25)31(29)27-15-14-22-20-21-8-4-5-11-24(21)30(22)33(27)40/h1-19H,20H2. The average molecular weight is 524 g/mol. The predicted molar refractivity (Wildman–Crippen MR) is 166 cm³/mol. The zero-order valence-electron chi connectivity index (χ0n) is 21.9. The molecule has 4 aromatic carbocycles. The Kier molecular flexibility index (Phi) is 3.92. The van der Waals surface area contributed by atoms with Crippen molar-refractivity contribution in [3.8, 4) is 16.8 Å². The van der Waals surface area contributed by atoms with Crippen LogP contribution in [-0.2, 0) is 6.42 Å². The van der Waals surface area contributed by atoms with Crippen LogP contribution in [0, 0.1) is 0 Å². The molecule has 0 atom stereocenters. The van der Waals surface area contributed by atoms with Gasteiger partial charge in [0.25, 0.3) is 0 Å². The number of aromatic nitrogens is 5. The quantitative estimate of drug-likeness (QED) is 0.204. The number of para-hydroxylation sites is 1. The lowest BCUT2D eigenvalue weighted by Crippen LogP contribution is -1.96. The van der Waals surface area contributed by atoms with Crippen LogP contribution in [0.3, 0.4) is 0 Å². The molecule has 0 N–H and O–H groups in total. The SMILES string of the molecule is c1ccc(-n2c3ccc4c5cccnc5n5c6ncccc6nc5c4c3c3ccc4c(c32)-c2ccccc2C4)cc1. The summed E-state index contributed by atoms with van der Waals surface area (Å²) in [6.07, 6.45) is 4.64. The van der Waals surface area contributed by atoms with Crippen LogP contribution in [0.15, 0.2) is 116 Å². The van der Waals surface area contributed by atoms with E-state index in [1.165, 1.54) is 44.1 Å². The van der Waals surface area contributed by atoms with Crippen molar-refractivity contribution in [2.24, 2.45) is 0 Å². The van der Waals surface area contributed by atoms with Gasteiger partial charge in [0.15, 0.2) is 5.65 Å². The van der Waals surface area contributed by atoms with Gasteiger partial charge in [-0.3, -0.25) is 4.40 Å². The molecular weight excluding hydrogens is 502 g/mol. The first-order chi connectivity index (χ1) is 20.4. The molecule has 5 aromatic heterocycles. The molecule has 0 bridgehead atoms. The van der Waals surface area contributed by atoms with Gasteiger partial charge in [-0.15, -0.1) is 0 Å². The highest BCUT2D eigenvalue weighted by Gasteiger charge is 2.27. The molecule has 5 nitrogen and oxygen atoms in total. The van der Waals surface area contributed by atoms with E-state index in [9.17, 15) is 0 Å². The molecule has 0 aliphatic heterocycles. The number of benzene rings is 4. The highest BCUT2D eigenvalue weighted by Crippen LogP contribution is 2.47. The van der Waals surface area contributed by atoms with Crippen molar-refractivity contribution in [3.63, 3.8) is 0 Å². The van der Waals surface area contributed by atoms with Gasteiger partial charge in [-0.05, 0) is 71.0 Å². The molecule has 5 heteroatoms. The molecule has 0 saturated heterocycles. The molecule has 1 aliphatic carbocycles. The zero-order valence-corrected chi connectivity index (χ0v) is 21.9. The first-order valence-electron chi connectivity index (χ1n) is 13.9. The van der Waals surface area contributed by atoms with E-state index in [2.05, 4.69) is 93.9 Å². The van der Waals surface area contributed by atoms with Crippen LogP contribution in [0.5, 0.6) is 0 Å². The van der Waals surface area contributed by atoms with Crippen molar-refractivity contribution in [2.75, 3.05) is 0 Å². The number of hydrogen-bond donors (Lipinski definition) is 0. The molecule has 1 aliphatic rings. The van der Waals surface area contributed by atoms with Crippen molar-refractivity contribution in [1.29, 1.82) is 0 Å². The van der Waals surface area contributed by atoms with Crippen LogP contribution in [0.4, 0.5) is 0 Å². The Bertz CT molecular complexity index is 2550. The minimum absolute atomic E-state index is 0.826. The normalized spacial score (nSPS) is 12.8. The van der Waals surface area contributed by atoms with Crippen molar-refractivity contribution in [2.45, 2.75) is 6.42 Å². The van der Waals surface area contributed by atoms with E-state index < -0.39 is 0 Å². The molecule has 0 saturated carbocycles. The van der Waals surface area contributed by atoms with Gasteiger partial charge in [-0.1, -0.05) is 60.7 Å². The second kappa shape index (κ2) is 7.55. The molecule has 0 amide bonds. The molecule has 0 unspecified atom stereocenters. The molecule has 10 rings (SSSR count). The van der Waals surface area contributed by atoms with Crippen LogP contribution < -0.4 is 0 Å². The Morgan fingerprint density at radius 1 is 0.561 bits per heavy atom. The first-order valence-corrected chi connectivity index (χ1v) is 13.9. The topological polar surface area (TPSA) is 48.0 Å². The van der Waals surface area contributed by atoms with Gasteiger partial charge < -0.3 is 4.57 Å². The van der Waals surface area contributed by atoms with Crippen LogP contribution >= 0.6 is 0 Å². The van der Waals surface area contributed by atoms with E-state index in [1.807, 2.05) is 30.6 Å². The molecular formula is C36H21N5. The van der Waals surface area contributed by atoms with Crippen molar-refractivity contribution in [3.05, 3.63) is 127 Å². The summed E-state index contributed by atoms with van der Waals surface area (Å²) in [4.78, 5) is 14.8. The summed E-state index contributed by atoms with van der Waals surface area (Å²) in [5.74, 6) is 0. The van der Waals surface area contributed by atoms with Gasteiger partial charge in [0.1, 0.15) is 16.8 Å². The number of pyridine rings is 3. The van der Waals surface area contributed by atoms with Crippen LogP contribution in [0.25, 0.3) is 77.2 Å². The third-order valence-electron chi connectivity index (χ3n) is 8.79. The Balaban J connectivity index is 1.52. The van der Waals surface area contributed by atoms with Gasteiger partial charge in [0.2, 0.25) is 0 Å².